The minimum Gasteiger partial charge on any atom is -0.465 e. The first-order valence-corrected chi connectivity index (χ1v) is 10.2. The van der Waals surface area contributed by atoms with Gasteiger partial charge in [0, 0.05) is 20.3 Å². The molecule has 4 rings (SSSR count). The van der Waals surface area contributed by atoms with Gasteiger partial charge < -0.3 is 14.0 Å². The summed E-state index contributed by atoms with van der Waals surface area (Å²) in [6.07, 6.45) is 0.636. The van der Waals surface area contributed by atoms with Crippen molar-refractivity contribution in [2.24, 2.45) is 5.92 Å². The third-order valence-corrected chi connectivity index (χ3v) is 5.36. The first-order chi connectivity index (χ1) is 14.7. The second-order valence-corrected chi connectivity index (χ2v) is 7.19. The lowest BCUT2D eigenvalue weighted by Crippen LogP contribution is -2.50. The molecule has 2 aromatic carbocycles. The number of benzene rings is 2. The van der Waals surface area contributed by atoms with Gasteiger partial charge in [-0.1, -0.05) is 42.5 Å². The molecule has 0 aliphatic carbocycles. The van der Waals surface area contributed by atoms with Crippen LogP contribution in [0.4, 0.5) is 5.95 Å². The van der Waals surface area contributed by atoms with Crippen LogP contribution >= 0.6 is 0 Å². The zero-order valence-electron chi connectivity index (χ0n) is 17.2. The topological polar surface area (TPSA) is 73.7 Å². The Balaban J connectivity index is 1.93. The molecule has 0 bridgehead atoms. The molecule has 0 radical (unpaired) electrons. The third kappa shape index (κ3) is 3.45. The second kappa shape index (κ2) is 8.67. The minimum atomic E-state index is -0.986. The lowest BCUT2D eigenvalue weighted by Gasteiger charge is -2.38. The highest BCUT2D eigenvalue weighted by atomic mass is 16.5. The van der Waals surface area contributed by atoms with E-state index < -0.39 is 17.9 Å². The molecule has 156 valence electrons. The Morgan fingerprint density at radius 1 is 1.10 bits per heavy atom. The van der Waals surface area contributed by atoms with E-state index >= 15 is 0 Å². The SMILES string of the molecule is CCOC(=O)[C@H]1C(=O)N(CCCOC)c2nc3ccccc3n2[C@H]1c1ccccc1. The number of rotatable bonds is 7. The zero-order valence-corrected chi connectivity index (χ0v) is 17.2. The number of methoxy groups -OCH3 is 1. The predicted molar refractivity (Wildman–Crippen MR) is 113 cm³/mol. The first kappa shape index (κ1) is 20.1. The van der Waals surface area contributed by atoms with Crippen LogP contribution in [0, 0.1) is 5.92 Å². The predicted octanol–water partition coefficient (Wildman–Crippen LogP) is 3.19. The van der Waals surface area contributed by atoms with Crippen molar-refractivity contribution in [3.63, 3.8) is 0 Å². The van der Waals surface area contributed by atoms with Crippen molar-refractivity contribution >= 4 is 28.9 Å². The molecule has 1 aliphatic rings. The van der Waals surface area contributed by atoms with Gasteiger partial charge in [0.1, 0.15) is 0 Å². The van der Waals surface area contributed by atoms with Gasteiger partial charge in [0.15, 0.2) is 5.92 Å². The number of imidazole rings is 1. The van der Waals surface area contributed by atoms with Gasteiger partial charge in [-0.15, -0.1) is 0 Å². The van der Waals surface area contributed by atoms with E-state index in [-0.39, 0.29) is 12.5 Å². The van der Waals surface area contributed by atoms with Crippen molar-refractivity contribution in [1.29, 1.82) is 0 Å². The van der Waals surface area contributed by atoms with E-state index in [0.717, 1.165) is 16.6 Å². The number of ether oxygens (including phenoxy) is 2. The summed E-state index contributed by atoms with van der Waals surface area (Å²) in [6.45, 7) is 2.88. The standard InChI is InChI=1S/C23H25N3O4/c1-3-30-22(28)19-20(16-10-5-4-6-11-16)26-18-13-8-7-12-17(18)24-23(26)25(21(19)27)14-9-15-29-2/h4-8,10-13,19-20H,3,9,14-15H2,1-2H3/t19-,20+/m1/s1. The quantitative estimate of drug-likeness (QED) is 0.342. The lowest BCUT2D eigenvalue weighted by molar-refractivity contribution is -0.153. The molecule has 0 unspecified atom stereocenters. The van der Waals surface area contributed by atoms with Crippen LogP contribution < -0.4 is 4.90 Å². The van der Waals surface area contributed by atoms with E-state index in [1.54, 1.807) is 18.9 Å². The number of para-hydroxylation sites is 2. The molecule has 3 aromatic rings. The Morgan fingerprint density at radius 2 is 1.83 bits per heavy atom. The molecule has 7 heteroatoms. The minimum absolute atomic E-state index is 0.214. The number of nitrogens with zero attached hydrogens (tertiary/aromatic N) is 3. The van der Waals surface area contributed by atoms with Gasteiger partial charge in [0.05, 0.1) is 23.7 Å². The van der Waals surface area contributed by atoms with Crippen LogP contribution in [0.5, 0.6) is 0 Å². The van der Waals surface area contributed by atoms with Crippen LogP contribution in [0.3, 0.4) is 0 Å². The Bertz CT molecular complexity index is 1050. The van der Waals surface area contributed by atoms with Gasteiger partial charge in [0.2, 0.25) is 11.9 Å². The van der Waals surface area contributed by atoms with Gasteiger partial charge in [-0.25, -0.2) is 4.98 Å². The average molecular weight is 407 g/mol. The zero-order chi connectivity index (χ0) is 21.1. The van der Waals surface area contributed by atoms with Crippen molar-refractivity contribution in [3.8, 4) is 0 Å². The first-order valence-electron chi connectivity index (χ1n) is 10.2. The van der Waals surface area contributed by atoms with Crippen LogP contribution in [-0.2, 0) is 19.1 Å². The van der Waals surface area contributed by atoms with Crippen LogP contribution in [0.2, 0.25) is 0 Å². The van der Waals surface area contributed by atoms with Crippen molar-refractivity contribution in [1.82, 2.24) is 9.55 Å². The number of aromatic nitrogens is 2. The maximum absolute atomic E-state index is 13.6. The number of carbonyl (C=O) groups excluding carboxylic acids is 2. The van der Waals surface area contributed by atoms with Crippen molar-refractivity contribution < 1.29 is 19.1 Å². The molecule has 1 aliphatic heterocycles. The van der Waals surface area contributed by atoms with Crippen molar-refractivity contribution in [2.75, 3.05) is 31.8 Å². The smallest absolute Gasteiger partial charge is 0.321 e. The number of hydrogen-bond donors (Lipinski definition) is 0. The molecule has 30 heavy (non-hydrogen) atoms. The molecule has 1 amide bonds. The Labute approximate surface area is 175 Å². The molecule has 0 saturated carbocycles. The summed E-state index contributed by atoms with van der Waals surface area (Å²) in [4.78, 5) is 32.9. The molecular weight excluding hydrogens is 382 g/mol. The molecule has 2 atom stereocenters. The largest absolute Gasteiger partial charge is 0.465 e. The van der Waals surface area contributed by atoms with E-state index in [0.29, 0.717) is 25.5 Å². The van der Waals surface area contributed by atoms with Crippen LogP contribution in [0.1, 0.15) is 24.9 Å². The molecule has 0 saturated heterocycles. The van der Waals surface area contributed by atoms with Gasteiger partial charge in [-0.05, 0) is 31.0 Å². The Morgan fingerprint density at radius 3 is 2.57 bits per heavy atom. The summed E-state index contributed by atoms with van der Waals surface area (Å²) in [7, 11) is 1.63. The maximum atomic E-state index is 13.6. The lowest BCUT2D eigenvalue weighted by atomic mass is 9.89. The fourth-order valence-corrected chi connectivity index (χ4v) is 4.08. The molecule has 2 heterocycles. The Kier molecular flexibility index (Phi) is 5.81. The third-order valence-electron chi connectivity index (χ3n) is 5.36. The molecule has 0 spiro atoms. The van der Waals surface area contributed by atoms with Crippen LogP contribution in [-0.4, -0.2) is 48.3 Å². The van der Waals surface area contributed by atoms with E-state index in [2.05, 4.69) is 0 Å². The number of hydrogen-bond acceptors (Lipinski definition) is 5. The van der Waals surface area contributed by atoms with Gasteiger partial charge in [-0.2, -0.15) is 0 Å². The van der Waals surface area contributed by atoms with E-state index in [4.69, 9.17) is 14.5 Å². The van der Waals surface area contributed by atoms with Crippen LogP contribution in [0.25, 0.3) is 11.0 Å². The highest BCUT2D eigenvalue weighted by Gasteiger charge is 2.47. The highest BCUT2D eigenvalue weighted by molar-refractivity contribution is 6.08. The molecular formula is C23H25N3O4. The molecule has 0 N–H and O–H groups in total. The monoisotopic (exact) mass is 407 g/mol. The molecule has 0 fully saturated rings. The number of anilines is 1. The van der Waals surface area contributed by atoms with Crippen molar-refractivity contribution in [3.05, 3.63) is 60.2 Å². The Hall–Kier alpha value is -3.19. The summed E-state index contributed by atoms with van der Waals surface area (Å²) in [5.41, 5.74) is 2.52. The summed E-state index contributed by atoms with van der Waals surface area (Å²) >= 11 is 0. The number of amides is 1. The number of carbonyl (C=O) groups is 2. The second-order valence-electron chi connectivity index (χ2n) is 7.19. The molecule has 1 aromatic heterocycles. The maximum Gasteiger partial charge on any atom is 0.321 e. The molecule has 7 nitrogen and oxygen atoms in total. The average Bonchev–Trinajstić information content (AvgIpc) is 3.14. The fraction of sp³-hybridized carbons (Fsp3) is 0.348. The van der Waals surface area contributed by atoms with Gasteiger partial charge in [0.25, 0.3) is 0 Å². The number of esters is 1. The van der Waals surface area contributed by atoms with E-state index in [1.165, 1.54) is 0 Å². The summed E-state index contributed by atoms with van der Waals surface area (Å²) < 4.78 is 12.5. The fourth-order valence-electron chi connectivity index (χ4n) is 4.08. The normalized spacial score (nSPS) is 18.5. The van der Waals surface area contributed by atoms with Gasteiger partial charge in [-0.3, -0.25) is 14.5 Å². The van der Waals surface area contributed by atoms with Crippen molar-refractivity contribution in [2.45, 2.75) is 19.4 Å². The van der Waals surface area contributed by atoms with E-state index in [9.17, 15) is 9.59 Å². The van der Waals surface area contributed by atoms with Crippen LogP contribution in [0.15, 0.2) is 54.6 Å². The summed E-state index contributed by atoms with van der Waals surface area (Å²) in [5, 5.41) is 0. The van der Waals surface area contributed by atoms with Gasteiger partial charge >= 0.3 is 5.97 Å². The number of fused-ring (bicyclic) bond motifs is 3. The van der Waals surface area contributed by atoms with E-state index in [1.807, 2.05) is 59.2 Å². The highest BCUT2D eigenvalue weighted by Crippen LogP contribution is 2.41. The summed E-state index contributed by atoms with van der Waals surface area (Å²) in [6, 6.07) is 16.8. The summed E-state index contributed by atoms with van der Waals surface area (Å²) in [5.74, 6) is -1.25.